The van der Waals surface area contributed by atoms with Gasteiger partial charge in [-0.1, -0.05) is 23.7 Å². The lowest BCUT2D eigenvalue weighted by molar-refractivity contribution is 0.241. The molecule has 2 aromatic carbocycles. The summed E-state index contributed by atoms with van der Waals surface area (Å²) in [7, 11) is 0. The van der Waals surface area contributed by atoms with Crippen molar-refractivity contribution in [3.63, 3.8) is 0 Å². The minimum atomic E-state index is -0.557. The normalized spacial score (nSPS) is 13.7. The third-order valence-corrected chi connectivity index (χ3v) is 5.76. The quantitative estimate of drug-likeness (QED) is 0.526. The van der Waals surface area contributed by atoms with Crippen molar-refractivity contribution >= 4 is 23.2 Å². The predicted octanol–water partition coefficient (Wildman–Crippen LogP) is 3.17. The Morgan fingerprint density at radius 3 is 2.48 bits per heavy atom. The van der Waals surface area contributed by atoms with Gasteiger partial charge in [-0.05, 0) is 62.2 Å². The molecular formula is C24H28ClN5O3. The number of aryl methyl sites for hydroxylation is 1. The highest BCUT2D eigenvalue weighted by atomic mass is 35.5. The molecule has 0 amide bonds. The van der Waals surface area contributed by atoms with E-state index in [0.29, 0.717) is 17.3 Å². The number of nitrogens with zero attached hydrogens (tertiary/aromatic N) is 3. The van der Waals surface area contributed by atoms with Crippen LogP contribution >= 0.6 is 11.6 Å². The molecule has 0 radical (unpaired) electrons. The van der Waals surface area contributed by atoms with Gasteiger partial charge >= 0.3 is 11.4 Å². The first-order chi connectivity index (χ1) is 15.8. The first-order valence-corrected chi connectivity index (χ1v) is 11.4. The van der Waals surface area contributed by atoms with E-state index < -0.39 is 11.4 Å². The third-order valence-electron chi connectivity index (χ3n) is 5.50. The van der Waals surface area contributed by atoms with E-state index in [1.807, 2.05) is 51.1 Å². The van der Waals surface area contributed by atoms with E-state index in [9.17, 15) is 9.59 Å². The number of hydrogen-bond donors (Lipinski definition) is 2. The first-order valence-electron chi connectivity index (χ1n) is 11.0. The fourth-order valence-electron chi connectivity index (χ4n) is 3.67. The van der Waals surface area contributed by atoms with Crippen LogP contribution in [0.4, 0.5) is 11.6 Å². The molecule has 0 spiro atoms. The molecule has 9 heteroatoms. The maximum absolute atomic E-state index is 13.4. The Balaban J connectivity index is 1.71. The van der Waals surface area contributed by atoms with E-state index in [0.717, 1.165) is 30.0 Å². The van der Waals surface area contributed by atoms with Crippen LogP contribution in [0.25, 0.3) is 0 Å². The van der Waals surface area contributed by atoms with E-state index in [2.05, 4.69) is 15.6 Å². The summed E-state index contributed by atoms with van der Waals surface area (Å²) in [6, 6.07) is 12.9. The number of rotatable bonds is 8. The molecule has 1 fully saturated rings. The molecule has 3 aromatic rings. The summed E-state index contributed by atoms with van der Waals surface area (Å²) >= 11 is 6.01. The Morgan fingerprint density at radius 2 is 1.88 bits per heavy atom. The highest BCUT2D eigenvalue weighted by Crippen LogP contribution is 2.24. The fourth-order valence-corrected chi connectivity index (χ4v) is 3.80. The summed E-state index contributed by atoms with van der Waals surface area (Å²) in [5, 5.41) is 6.94. The highest BCUT2D eigenvalue weighted by Gasteiger charge is 2.21. The zero-order valence-electron chi connectivity index (χ0n) is 19.0. The molecule has 174 valence electrons. The molecule has 0 bridgehead atoms. The summed E-state index contributed by atoms with van der Waals surface area (Å²) < 4.78 is 8.51. The second-order valence-electron chi connectivity index (χ2n) is 8.62. The van der Waals surface area contributed by atoms with Crippen LogP contribution < -0.4 is 26.7 Å². The van der Waals surface area contributed by atoms with Crippen LogP contribution in [0.3, 0.4) is 0 Å². The average molecular weight is 470 g/mol. The third kappa shape index (κ3) is 5.46. The van der Waals surface area contributed by atoms with Gasteiger partial charge in [0, 0.05) is 36.3 Å². The van der Waals surface area contributed by atoms with Crippen molar-refractivity contribution < 1.29 is 4.74 Å². The van der Waals surface area contributed by atoms with Crippen molar-refractivity contribution in [2.75, 3.05) is 18.4 Å². The summed E-state index contributed by atoms with van der Waals surface area (Å²) in [6.07, 6.45) is 0.0622. The molecule has 0 saturated carbocycles. The summed E-state index contributed by atoms with van der Waals surface area (Å²) in [4.78, 5) is 30.4. The maximum Gasteiger partial charge on any atom is 0.354 e. The van der Waals surface area contributed by atoms with Crippen molar-refractivity contribution in [3.8, 4) is 5.75 Å². The fraction of sp³-hybridized carbons (Fsp3) is 0.375. The Morgan fingerprint density at radius 1 is 1.15 bits per heavy atom. The monoisotopic (exact) mass is 469 g/mol. The largest absolute Gasteiger partial charge is 0.491 e. The number of nitrogens with one attached hydrogen (secondary N) is 2. The summed E-state index contributed by atoms with van der Waals surface area (Å²) in [5.41, 5.74) is 1.57. The van der Waals surface area contributed by atoms with Gasteiger partial charge in [-0.3, -0.25) is 4.57 Å². The molecule has 0 aliphatic carbocycles. The van der Waals surface area contributed by atoms with Gasteiger partial charge in [-0.25, -0.2) is 14.2 Å². The second kappa shape index (κ2) is 9.80. The standard InChI is InChI=1S/C24H28ClN5O3/c1-15(2)33-21-9-8-20(10-16(21)3)27-22-28-23(31)30(14-18-11-26-12-18)24(32)29(22)13-17-4-6-19(25)7-5-17/h4-10,15,18,26H,11-14H2,1-3H3,(H,27,28,31). The number of hydrogen-bond acceptors (Lipinski definition) is 6. The van der Waals surface area contributed by atoms with E-state index in [4.69, 9.17) is 16.3 Å². The van der Waals surface area contributed by atoms with Crippen LogP contribution in [0, 0.1) is 12.8 Å². The van der Waals surface area contributed by atoms with Crippen molar-refractivity contribution in [1.82, 2.24) is 19.4 Å². The number of halogens is 1. The van der Waals surface area contributed by atoms with Crippen LogP contribution in [0.5, 0.6) is 5.75 Å². The van der Waals surface area contributed by atoms with Gasteiger partial charge in [0.2, 0.25) is 5.95 Å². The smallest absolute Gasteiger partial charge is 0.354 e. The van der Waals surface area contributed by atoms with Crippen molar-refractivity contribution in [2.24, 2.45) is 5.92 Å². The molecule has 1 aliphatic heterocycles. The maximum atomic E-state index is 13.4. The van der Waals surface area contributed by atoms with Crippen LogP contribution in [0.1, 0.15) is 25.0 Å². The minimum absolute atomic E-state index is 0.0622. The zero-order valence-corrected chi connectivity index (χ0v) is 19.7. The van der Waals surface area contributed by atoms with E-state index >= 15 is 0 Å². The van der Waals surface area contributed by atoms with Gasteiger partial charge in [-0.15, -0.1) is 0 Å². The molecule has 1 aromatic heterocycles. The van der Waals surface area contributed by atoms with Crippen LogP contribution in [-0.4, -0.2) is 33.3 Å². The average Bonchev–Trinajstić information content (AvgIpc) is 2.72. The molecule has 0 atom stereocenters. The predicted molar refractivity (Wildman–Crippen MR) is 130 cm³/mol. The van der Waals surface area contributed by atoms with E-state index in [1.165, 1.54) is 9.13 Å². The molecule has 4 rings (SSSR count). The van der Waals surface area contributed by atoms with Crippen molar-refractivity contribution in [1.29, 1.82) is 0 Å². The van der Waals surface area contributed by atoms with Gasteiger partial charge in [0.15, 0.2) is 0 Å². The SMILES string of the molecule is Cc1cc(Nc2nc(=O)n(CC3CNC3)c(=O)n2Cc2ccc(Cl)cc2)ccc1OC(C)C. The topological polar surface area (TPSA) is 90.2 Å². The lowest BCUT2D eigenvalue weighted by Gasteiger charge is -2.27. The molecule has 2 heterocycles. The van der Waals surface area contributed by atoms with Crippen LogP contribution in [0.15, 0.2) is 52.1 Å². The number of benzene rings is 2. The molecule has 33 heavy (non-hydrogen) atoms. The van der Waals surface area contributed by atoms with Gasteiger partial charge in [0.25, 0.3) is 0 Å². The summed E-state index contributed by atoms with van der Waals surface area (Å²) in [6.45, 7) is 8.06. The Bertz CT molecular complexity index is 1250. The van der Waals surface area contributed by atoms with Crippen molar-refractivity contribution in [2.45, 2.75) is 40.0 Å². The van der Waals surface area contributed by atoms with Gasteiger partial charge in [0.1, 0.15) is 5.75 Å². The van der Waals surface area contributed by atoms with E-state index in [-0.39, 0.29) is 24.5 Å². The molecular weight excluding hydrogens is 442 g/mol. The minimum Gasteiger partial charge on any atom is -0.491 e. The van der Waals surface area contributed by atoms with Crippen LogP contribution in [-0.2, 0) is 13.1 Å². The number of aromatic nitrogens is 3. The zero-order chi connectivity index (χ0) is 23.5. The van der Waals surface area contributed by atoms with Crippen LogP contribution in [0.2, 0.25) is 5.02 Å². The molecule has 8 nitrogen and oxygen atoms in total. The molecule has 2 N–H and O–H groups in total. The molecule has 1 saturated heterocycles. The molecule has 1 aliphatic rings. The number of anilines is 2. The molecule has 0 unspecified atom stereocenters. The second-order valence-corrected chi connectivity index (χ2v) is 9.06. The Labute approximate surface area is 197 Å². The summed E-state index contributed by atoms with van der Waals surface area (Å²) in [5.74, 6) is 1.22. The van der Waals surface area contributed by atoms with Gasteiger partial charge < -0.3 is 15.4 Å². The first kappa shape index (κ1) is 23.1. The number of ether oxygens (including phenoxy) is 1. The van der Waals surface area contributed by atoms with Crippen molar-refractivity contribution in [3.05, 3.63) is 79.6 Å². The lowest BCUT2D eigenvalue weighted by Crippen LogP contribution is -2.50. The lowest BCUT2D eigenvalue weighted by atomic mass is 10.0. The van der Waals surface area contributed by atoms with E-state index in [1.54, 1.807) is 12.1 Å². The Kier molecular flexibility index (Phi) is 6.85. The van der Waals surface area contributed by atoms with Gasteiger partial charge in [-0.2, -0.15) is 4.98 Å². The highest BCUT2D eigenvalue weighted by molar-refractivity contribution is 6.30. The van der Waals surface area contributed by atoms with Gasteiger partial charge in [0.05, 0.1) is 12.6 Å². The Hall–Kier alpha value is -3.10.